The van der Waals surface area contributed by atoms with E-state index in [9.17, 15) is 18.0 Å². The molecule has 1 N–H and O–H groups in total. The van der Waals surface area contributed by atoms with Crippen molar-refractivity contribution in [2.75, 3.05) is 26.0 Å². The second-order valence-corrected chi connectivity index (χ2v) is 19.0. The van der Waals surface area contributed by atoms with Gasteiger partial charge in [0.25, 0.3) is 0 Å². The Bertz CT molecular complexity index is 1300. The lowest BCUT2D eigenvalue weighted by molar-refractivity contribution is -0.141. The lowest BCUT2D eigenvalue weighted by Crippen LogP contribution is -2.41. The van der Waals surface area contributed by atoms with Gasteiger partial charge in [-0.25, -0.2) is 13.2 Å². The molecule has 0 aromatic heterocycles. The van der Waals surface area contributed by atoms with Gasteiger partial charge in [-0.3, -0.25) is 4.79 Å². The molecule has 8 nitrogen and oxygen atoms in total. The molecule has 220 valence electrons. The first-order valence-electron chi connectivity index (χ1n) is 13.1. The molecule has 0 spiro atoms. The number of hydrogen-bond acceptors (Lipinski definition) is 7. The van der Waals surface area contributed by atoms with E-state index in [1.807, 2.05) is 30.3 Å². The second kappa shape index (κ2) is 13.1. The van der Waals surface area contributed by atoms with Gasteiger partial charge in [0.15, 0.2) is 18.2 Å². The van der Waals surface area contributed by atoms with Gasteiger partial charge >= 0.3 is 12.1 Å². The van der Waals surface area contributed by atoms with Gasteiger partial charge < -0.3 is 19.2 Å². The molecular weight excluding hydrogens is 546 g/mol. The number of rotatable bonds is 10. The summed E-state index contributed by atoms with van der Waals surface area (Å²) in [5.41, 5.74) is 2.39. The largest absolute Gasteiger partial charge is 0.459 e. The second-order valence-electron chi connectivity index (χ2n) is 12.2. The van der Waals surface area contributed by atoms with Crippen LogP contribution in [0.1, 0.15) is 52.7 Å². The molecule has 0 heterocycles. The molecular formula is C30H43NO7SSi. The van der Waals surface area contributed by atoms with Crippen LogP contribution >= 0.6 is 0 Å². The van der Waals surface area contributed by atoms with E-state index in [0.29, 0.717) is 11.1 Å². The molecule has 0 bridgehead atoms. The fourth-order valence-corrected chi connectivity index (χ4v) is 4.93. The Morgan fingerprint density at radius 1 is 0.825 bits per heavy atom. The van der Waals surface area contributed by atoms with Crippen LogP contribution in [0.5, 0.6) is 0 Å². The molecule has 2 aromatic rings. The molecule has 0 atom stereocenters. The smallest absolute Gasteiger partial charge is 0.408 e. The summed E-state index contributed by atoms with van der Waals surface area (Å²) in [5.74, 6) is -0.645. The van der Waals surface area contributed by atoms with Crippen molar-refractivity contribution in [3.05, 3.63) is 65.7 Å². The highest BCUT2D eigenvalue weighted by Gasteiger charge is 2.37. The minimum atomic E-state index is -3.39. The molecule has 0 fully saturated rings. The van der Waals surface area contributed by atoms with E-state index in [4.69, 9.17) is 13.9 Å². The SMILES string of the molecule is CC(C)(C)OC(=O)NCC(=O)OCC(=C(CO[Si](C)(C)C(C)(C)C)c1ccccc1)c1ccc(S(C)(=O)=O)cc1. The summed E-state index contributed by atoms with van der Waals surface area (Å²) in [6, 6.07) is 16.1. The quantitative estimate of drug-likeness (QED) is 0.203. The number of benzene rings is 2. The first-order chi connectivity index (χ1) is 18.3. The van der Waals surface area contributed by atoms with Crippen LogP contribution in [0.2, 0.25) is 18.1 Å². The van der Waals surface area contributed by atoms with Crippen molar-refractivity contribution < 1.29 is 31.9 Å². The van der Waals surface area contributed by atoms with E-state index < -0.39 is 35.8 Å². The third-order valence-corrected chi connectivity index (χ3v) is 12.3. The van der Waals surface area contributed by atoms with Gasteiger partial charge in [-0.15, -0.1) is 0 Å². The van der Waals surface area contributed by atoms with Crippen LogP contribution in [0.3, 0.4) is 0 Å². The Morgan fingerprint density at radius 2 is 1.35 bits per heavy atom. The van der Waals surface area contributed by atoms with Gasteiger partial charge in [-0.1, -0.05) is 63.2 Å². The van der Waals surface area contributed by atoms with E-state index in [1.165, 1.54) is 12.1 Å². The van der Waals surface area contributed by atoms with Crippen molar-refractivity contribution in [1.29, 1.82) is 0 Å². The van der Waals surface area contributed by atoms with Gasteiger partial charge in [0, 0.05) is 11.8 Å². The summed E-state index contributed by atoms with van der Waals surface area (Å²) >= 11 is 0. The molecule has 1 amide bonds. The third kappa shape index (κ3) is 10.2. The van der Waals surface area contributed by atoms with Crippen LogP contribution in [0, 0.1) is 0 Å². The minimum absolute atomic E-state index is 0.0219. The zero-order chi connectivity index (χ0) is 30.4. The van der Waals surface area contributed by atoms with E-state index in [0.717, 1.165) is 17.4 Å². The van der Waals surface area contributed by atoms with Crippen molar-refractivity contribution in [1.82, 2.24) is 5.32 Å². The van der Waals surface area contributed by atoms with Crippen LogP contribution in [-0.4, -0.2) is 60.4 Å². The predicted octanol–water partition coefficient (Wildman–Crippen LogP) is 6.09. The van der Waals surface area contributed by atoms with Gasteiger partial charge in [0.05, 0.1) is 11.5 Å². The van der Waals surface area contributed by atoms with Crippen LogP contribution in [0.25, 0.3) is 11.1 Å². The Balaban J connectivity index is 2.48. The first-order valence-corrected chi connectivity index (χ1v) is 17.9. The van der Waals surface area contributed by atoms with E-state index >= 15 is 0 Å². The third-order valence-electron chi connectivity index (χ3n) is 6.65. The zero-order valence-electron chi connectivity index (χ0n) is 25.1. The Labute approximate surface area is 240 Å². The van der Waals surface area contributed by atoms with Gasteiger partial charge in [0.1, 0.15) is 18.8 Å². The maximum Gasteiger partial charge on any atom is 0.408 e. The molecule has 0 aliphatic heterocycles. The maximum absolute atomic E-state index is 12.6. The summed E-state index contributed by atoms with van der Waals surface area (Å²) in [6.07, 6.45) is 0.435. The van der Waals surface area contributed by atoms with Crippen LogP contribution < -0.4 is 5.32 Å². The highest BCUT2D eigenvalue weighted by Crippen LogP contribution is 2.38. The number of carbonyl (C=O) groups excluding carboxylic acids is 2. The van der Waals surface area contributed by atoms with Crippen LogP contribution in [0.4, 0.5) is 4.79 Å². The molecule has 0 unspecified atom stereocenters. The van der Waals surface area contributed by atoms with E-state index in [1.54, 1.807) is 32.9 Å². The lowest BCUT2D eigenvalue weighted by atomic mass is 9.95. The molecule has 0 aliphatic rings. The number of esters is 1. The van der Waals surface area contributed by atoms with Gasteiger partial charge in [-0.2, -0.15) is 0 Å². The number of nitrogens with one attached hydrogen (secondary N) is 1. The number of ether oxygens (including phenoxy) is 2. The maximum atomic E-state index is 12.6. The van der Waals surface area contributed by atoms with Gasteiger partial charge in [-0.05, 0) is 67.7 Å². The fourth-order valence-electron chi connectivity index (χ4n) is 3.36. The summed E-state index contributed by atoms with van der Waals surface area (Å²) < 4.78 is 41.5. The van der Waals surface area contributed by atoms with Crippen LogP contribution in [0.15, 0.2) is 59.5 Å². The molecule has 2 aromatic carbocycles. The van der Waals surface area contributed by atoms with Gasteiger partial charge in [0.2, 0.25) is 0 Å². The highest BCUT2D eigenvalue weighted by atomic mass is 32.2. The minimum Gasteiger partial charge on any atom is -0.459 e. The molecule has 2 rings (SSSR count). The average Bonchev–Trinajstić information content (AvgIpc) is 2.83. The molecule has 0 radical (unpaired) electrons. The molecule has 0 aliphatic carbocycles. The van der Waals surface area contributed by atoms with Crippen molar-refractivity contribution in [3.63, 3.8) is 0 Å². The Morgan fingerprint density at radius 3 is 1.85 bits per heavy atom. The predicted molar refractivity (Wildman–Crippen MR) is 161 cm³/mol. The van der Waals surface area contributed by atoms with Crippen molar-refractivity contribution >= 4 is 41.4 Å². The fraction of sp³-hybridized carbons (Fsp3) is 0.467. The van der Waals surface area contributed by atoms with Crippen molar-refractivity contribution in [3.8, 4) is 0 Å². The monoisotopic (exact) mass is 589 g/mol. The summed E-state index contributed by atoms with van der Waals surface area (Å²) in [5, 5.41) is 2.39. The van der Waals surface area contributed by atoms with Crippen LogP contribution in [-0.2, 0) is 28.5 Å². The standard InChI is InChI=1S/C30H43NO7SSi/c1-29(2,3)38-28(33)31-19-27(32)36-20-25(23-15-17-24(18-16-23)39(7,34)35)26(22-13-11-10-12-14-22)21-37-40(8,9)30(4,5)6/h10-18H,19-21H2,1-9H3,(H,31,33). The van der Waals surface area contributed by atoms with Crippen molar-refractivity contribution in [2.45, 2.75) is 70.2 Å². The Hall–Kier alpha value is -2.95. The lowest BCUT2D eigenvalue weighted by Gasteiger charge is -2.36. The zero-order valence-corrected chi connectivity index (χ0v) is 26.9. The normalized spacial score (nSPS) is 13.3. The number of amides is 1. The molecule has 0 saturated heterocycles. The number of hydrogen-bond donors (Lipinski definition) is 1. The van der Waals surface area contributed by atoms with Crippen molar-refractivity contribution in [2.24, 2.45) is 0 Å². The molecule has 40 heavy (non-hydrogen) atoms. The topological polar surface area (TPSA) is 108 Å². The highest BCUT2D eigenvalue weighted by molar-refractivity contribution is 7.90. The van der Waals surface area contributed by atoms with E-state index in [2.05, 4.69) is 39.2 Å². The number of sulfone groups is 1. The summed E-state index contributed by atoms with van der Waals surface area (Å²) in [7, 11) is -5.54. The molecule has 0 saturated carbocycles. The first kappa shape index (κ1) is 33.3. The number of alkyl carbamates (subject to hydrolysis) is 1. The number of carbonyl (C=O) groups is 2. The molecule has 10 heteroatoms. The summed E-state index contributed by atoms with van der Waals surface area (Å²) in [4.78, 5) is 24.8. The summed E-state index contributed by atoms with van der Waals surface area (Å²) in [6.45, 7) is 15.8. The van der Waals surface area contributed by atoms with E-state index in [-0.39, 0.29) is 29.7 Å². The average molecular weight is 590 g/mol. The Kier molecular flexibility index (Phi) is 10.9.